The van der Waals surface area contributed by atoms with E-state index in [2.05, 4.69) is 0 Å². The minimum absolute atomic E-state index is 0.0284. The average molecular weight is 313 g/mol. The van der Waals surface area contributed by atoms with Gasteiger partial charge in [0.1, 0.15) is 12.2 Å². The topological polar surface area (TPSA) is 122 Å². The van der Waals surface area contributed by atoms with Gasteiger partial charge in [-0.25, -0.2) is 0 Å². The highest BCUT2D eigenvalue weighted by Gasteiger charge is 2.50. The van der Waals surface area contributed by atoms with Gasteiger partial charge in [-0.15, -0.1) is 0 Å². The Kier molecular flexibility index (Phi) is 4.84. The fraction of sp³-hybridized carbons (Fsp3) is 0.571. The lowest BCUT2D eigenvalue weighted by molar-refractivity contribution is -0.546. The van der Waals surface area contributed by atoms with E-state index in [1.54, 1.807) is 18.2 Å². The Labute approximate surface area is 127 Å². The molecule has 5 atom stereocenters. The van der Waals surface area contributed by atoms with E-state index in [1.807, 2.05) is 0 Å². The van der Waals surface area contributed by atoms with Crippen molar-refractivity contribution in [1.29, 1.82) is 0 Å². The van der Waals surface area contributed by atoms with Crippen LogP contribution in [0.5, 0.6) is 11.5 Å². The van der Waals surface area contributed by atoms with Crippen molar-refractivity contribution in [2.75, 3.05) is 14.2 Å². The van der Waals surface area contributed by atoms with E-state index in [1.165, 1.54) is 14.2 Å². The van der Waals surface area contributed by atoms with E-state index < -0.39 is 35.2 Å². The lowest BCUT2D eigenvalue weighted by atomic mass is 9.76. The number of benzene rings is 1. The highest BCUT2D eigenvalue weighted by atomic mass is 16.6. The summed E-state index contributed by atoms with van der Waals surface area (Å²) in [5.74, 6) is 0.126. The van der Waals surface area contributed by atoms with Crippen LogP contribution in [0.25, 0.3) is 0 Å². The van der Waals surface area contributed by atoms with Crippen molar-refractivity contribution in [1.82, 2.24) is 0 Å². The number of rotatable bonds is 4. The fourth-order valence-electron chi connectivity index (χ4n) is 2.90. The van der Waals surface area contributed by atoms with Crippen LogP contribution < -0.4 is 9.47 Å². The van der Waals surface area contributed by atoms with E-state index in [0.29, 0.717) is 17.1 Å². The zero-order valence-corrected chi connectivity index (χ0v) is 12.2. The Hall–Kier alpha value is -1.90. The van der Waals surface area contributed by atoms with Crippen molar-refractivity contribution in [3.63, 3.8) is 0 Å². The summed E-state index contributed by atoms with van der Waals surface area (Å²) in [5, 5.41) is 40.7. The molecule has 1 aliphatic rings. The Morgan fingerprint density at radius 2 is 1.77 bits per heavy atom. The molecule has 8 heteroatoms. The number of aliphatic hydroxyl groups excluding tert-OH is 3. The first-order chi connectivity index (χ1) is 10.4. The minimum Gasteiger partial charge on any atom is -0.493 e. The number of nitro groups is 1. The van der Waals surface area contributed by atoms with Gasteiger partial charge < -0.3 is 24.8 Å². The molecule has 0 heterocycles. The Bertz CT molecular complexity index is 550. The first-order valence-electron chi connectivity index (χ1n) is 6.80. The van der Waals surface area contributed by atoms with Crippen LogP contribution in [0.15, 0.2) is 18.2 Å². The molecule has 1 saturated carbocycles. The van der Waals surface area contributed by atoms with Gasteiger partial charge in [-0.1, -0.05) is 6.07 Å². The molecule has 0 spiro atoms. The van der Waals surface area contributed by atoms with Crippen LogP contribution in [0.2, 0.25) is 0 Å². The van der Waals surface area contributed by atoms with Gasteiger partial charge in [-0.3, -0.25) is 10.1 Å². The summed E-state index contributed by atoms with van der Waals surface area (Å²) in [4.78, 5) is 10.7. The van der Waals surface area contributed by atoms with Gasteiger partial charge in [0.2, 0.25) is 6.04 Å². The quantitative estimate of drug-likeness (QED) is 0.525. The van der Waals surface area contributed by atoms with E-state index >= 15 is 0 Å². The molecule has 22 heavy (non-hydrogen) atoms. The maximum absolute atomic E-state index is 11.3. The maximum atomic E-state index is 11.3. The summed E-state index contributed by atoms with van der Waals surface area (Å²) in [7, 11) is 2.92. The monoisotopic (exact) mass is 313 g/mol. The van der Waals surface area contributed by atoms with E-state index in [9.17, 15) is 25.4 Å². The van der Waals surface area contributed by atoms with Crippen molar-refractivity contribution >= 4 is 0 Å². The van der Waals surface area contributed by atoms with E-state index in [-0.39, 0.29) is 6.42 Å². The van der Waals surface area contributed by atoms with Crippen LogP contribution in [0.4, 0.5) is 0 Å². The van der Waals surface area contributed by atoms with Gasteiger partial charge in [0.05, 0.1) is 26.2 Å². The number of hydrogen-bond acceptors (Lipinski definition) is 7. The Balaban J connectivity index is 2.42. The molecule has 0 unspecified atom stereocenters. The van der Waals surface area contributed by atoms with Crippen molar-refractivity contribution in [3.8, 4) is 11.5 Å². The molecule has 0 radical (unpaired) electrons. The smallest absolute Gasteiger partial charge is 0.248 e. The second-order valence-electron chi connectivity index (χ2n) is 5.28. The minimum atomic E-state index is -1.64. The van der Waals surface area contributed by atoms with Crippen molar-refractivity contribution in [2.24, 2.45) is 0 Å². The Morgan fingerprint density at radius 1 is 1.14 bits per heavy atom. The van der Waals surface area contributed by atoms with Gasteiger partial charge >= 0.3 is 0 Å². The molecule has 1 aromatic carbocycles. The summed E-state index contributed by atoms with van der Waals surface area (Å²) in [6, 6.07) is 3.41. The highest BCUT2D eigenvalue weighted by molar-refractivity contribution is 5.44. The van der Waals surface area contributed by atoms with Crippen LogP contribution in [-0.2, 0) is 0 Å². The van der Waals surface area contributed by atoms with E-state index in [4.69, 9.17) is 9.47 Å². The van der Waals surface area contributed by atoms with Gasteiger partial charge in [-0.2, -0.15) is 0 Å². The zero-order valence-electron chi connectivity index (χ0n) is 12.2. The molecule has 1 fully saturated rings. The number of nitrogens with zero attached hydrogens (tertiary/aromatic N) is 1. The molecule has 0 saturated heterocycles. The number of hydrogen-bond donors (Lipinski definition) is 3. The van der Waals surface area contributed by atoms with Crippen LogP contribution in [0, 0.1) is 10.1 Å². The summed E-state index contributed by atoms with van der Waals surface area (Å²) in [5.41, 5.74) is 0.532. The predicted molar refractivity (Wildman–Crippen MR) is 75.7 cm³/mol. The van der Waals surface area contributed by atoms with E-state index in [0.717, 1.165) is 0 Å². The van der Waals surface area contributed by atoms with Gasteiger partial charge in [0.25, 0.3) is 0 Å². The first-order valence-corrected chi connectivity index (χ1v) is 6.80. The van der Waals surface area contributed by atoms with Crippen molar-refractivity contribution < 1.29 is 29.7 Å². The molecule has 2 rings (SSSR count). The number of ether oxygens (including phenoxy) is 2. The maximum Gasteiger partial charge on any atom is 0.248 e. The average Bonchev–Trinajstić information content (AvgIpc) is 2.51. The lowest BCUT2D eigenvalue weighted by Crippen LogP contribution is -2.55. The predicted octanol–water partition coefficient (Wildman–Crippen LogP) is -0.0809. The molecule has 1 aliphatic carbocycles. The molecule has 0 aromatic heterocycles. The summed E-state index contributed by atoms with van der Waals surface area (Å²) >= 11 is 0. The third kappa shape index (κ3) is 2.85. The third-order valence-corrected chi connectivity index (χ3v) is 4.08. The number of aliphatic hydroxyl groups is 3. The lowest BCUT2D eigenvalue weighted by Gasteiger charge is -2.36. The summed E-state index contributed by atoms with van der Waals surface area (Å²) < 4.78 is 10.3. The SMILES string of the molecule is COc1ccc([C@@H]2C[C@@H](O)[C@H](O)[C@H](O)[C@H]2[N+](=O)[O-])cc1OC. The second-order valence-corrected chi connectivity index (χ2v) is 5.28. The molecule has 122 valence electrons. The molecular weight excluding hydrogens is 294 g/mol. The van der Waals surface area contributed by atoms with Gasteiger partial charge in [-0.05, 0) is 24.1 Å². The number of methoxy groups -OCH3 is 2. The van der Waals surface area contributed by atoms with Crippen LogP contribution >= 0.6 is 0 Å². The first kappa shape index (κ1) is 16.5. The summed E-state index contributed by atoms with van der Waals surface area (Å²) in [6.45, 7) is 0. The summed E-state index contributed by atoms with van der Waals surface area (Å²) in [6.07, 6.45) is -4.44. The molecule has 1 aromatic rings. The van der Waals surface area contributed by atoms with Crippen molar-refractivity contribution in [2.45, 2.75) is 36.7 Å². The largest absolute Gasteiger partial charge is 0.493 e. The van der Waals surface area contributed by atoms with Crippen LogP contribution in [-0.4, -0.2) is 58.8 Å². The second kappa shape index (κ2) is 6.47. The van der Waals surface area contributed by atoms with Crippen LogP contribution in [0.1, 0.15) is 17.9 Å². The fourth-order valence-corrected chi connectivity index (χ4v) is 2.90. The zero-order chi connectivity index (χ0) is 16.4. The molecule has 0 aliphatic heterocycles. The normalized spacial score (nSPS) is 31.6. The standard InChI is InChI=1S/C14H19NO7/c1-21-10-4-3-7(5-11(10)22-2)8-6-9(16)13(17)14(18)12(8)15(19)20/h3-5,8-9,12-14,16-18H,6H2,1-2H3/t8-,9+,12-,13-,14+/m0/s1. The van der Waals surface area contributed by atoms with Gasteiger partial charge in [0, 0.05) is 4.92 Å². The molecule has 0 bridgehead atoms. The van der Waals surface area contributed by atoms with Gasteiger partial charge in [0.15, 0.2) is 11.5 Å². The molecule has 3 N–H and O–H groups in total. The third-order valence-electron chi connectivity index (χ3n) is 4.08. The van der Waals surface area contributed by atoms with Crippen LogP contribution in [0.3, 0.4) is 0 Å². The highest BCUT2D eigenvalue weighted by Crippen LogP contribution is 2.38. The Morgan fingerprint density at radius 3 is 2.32 bits per heavy atom. The molecule has 0 amide bonds. The molecular formula is C14H19NO7. The van der Waals surface area contributed by atoms with Crippen molar-refractivity contribution in [3.05, 3.63) is 33.9 Å². The molecule has 8 nitrogen and oxygen atoms in total.